The number of hydrogen-bond donors (Lipinski definition) is 4. The summed E-state index contributed by atoms with van der Waals surface area (Å²) in [6, 6.07) is -0.443. The highest BCUT2D eigenvalue weighted by molar-refractivity contribution is 5.77. The fraction of sp³-hybridized carbons (Fsp3) is 0.727. The fourth-order valence-corrected chi connectivity index (χ4v) is 1.10. The average Bonchev–Trinajstić information content (AvgIpc) is 2.31. The molecule has 0 aromatic rings. The van der Waals surface area contributed by atoms with Crippen molar-refractivity contribution in [2.75, 3.05) is 19.6 Å². The number of urea groups is 1. The molecule has 7 heteroatoms. The van der Waals surface area contributed by atoms with E-state index in [-0.39, 0.29) is 12.5 Å². The Morgan fingerprint density at radius 3 is 2.11 bits per heavy atom. The molecule has 3 amide bonds. The quantitative estimate of drug-likeness (QED) is 0.480. The van der Waals surface area contributed by atoms with E-state index >= 15 is 0 Å². The molecule has 0 aromatic carbocycles. The summed E-state index contributed by atoms with van der Waals surface area (Å²) >= 11 is 0. The highest BCUT2D eigenvalue weighted by Gasteiger charge is 2.31. The third-order valence-electron chi connectivity index (χ3n) is 2.72. The van der Waals surface area contributed by atoms with Crippen LogP contribution in [0.4, 0.5) is 4.79 Å². The van der Waals surface area contributed by atoms with Gasteiger partial charge in [-0.15, -0.1) is 0 Å². The standard InChI is InChI=1S/C11H21N3O4/c1-4-11(3,9(16)17)7-14-10(18)13-6-5-12-8(2)15/h4-7H2,1-3H3,(H,12,15)(H,16,17)(H2,13,14,18). The van der Waals surface area contributed by atoms with Gasteiger partial charge in [0, 0.05) is 26.6 Å². The van der Waals surface area contributed by atoms with E-state index in [1.807, 2.05) is 0 Å². The smallest absolute Gasteiger partial charge is 0.314 e. The summed E-state index contributed by atoms with van der Waals surface area (Å²) in [5.74, 6) is -1.11. The van der Waals surface area contributed by atoms with E-state index in [1.165, 1.54) is 6.92 Å². The van der Waals surface area contributed by atoms with Gasteiger partial charge >= 0.3 is 12.0 Å². The minimum atomic E-state index is -0.963. The molecule has 4 N–H and O–H groups in total. The van der Waals surface area contributed by atoms with Gasteiger partial charge in [-0.25, -0.2) is 4.79 Å². The number of amides is 3. The zero-order chi connectivity index (χ0) is 14.2. The van der Waals surface area contributed by atoms with Crippen LogP contribution in [0.2, 0.25) is 0 Å². The van der Waals surface area contributed by atoms with Crippen LogP contribution >= 0.6 is 0 Å². The van der Waals surface area contributed by atoms with Crippen molar-refractivity contribution in [2.24, 2.45) is 5.41 Å². The van der Waals surface area contributed by atoms with Gasteiger partial charge in [0.25, 0.3) is 0 Å². The van der Waals surface area contributed by atoms with Crippen LogP contribution < -0.4 is 16.0 Å². The Morgan fingerprint density at radius 1 is 1.11 bits per heavy atom. The van der Waals surface area contributed by atoms with E-state index in [4.69, 9.17) is 5.11 Å². The van der Waals surface area contributed by atoms with Crippen LogP contribution in [0.1, 0.15) is 27.2 Å². The second kappa shape index (κ2) is 7.52. The van der Waals surface area contributed by atoms with Crippen molar-refractivity contribution in [1.29, 1.82) is 0 Å². The first-order valence-electron chi connectivity index (χ1n) is 5.81. The van der Waals surface area contributed by atoms with E-state index in [1.54, 1.807) is 13.8 Å². The minimum Gasteiger partial charge on any atom is -0.481 e. The SMILES string of the molecule is CCC(C)(CNC(=O)NCCNC(C)=O)C(=O)O. The minimum absolute atomic E-state index is 0.0603. The molecule has 0 saturated heterocycles. The highest BCUT2D eigenvalue weighted by Crippen LogP contribution is 2.19. The summed E-state index contributed by atoms with van der Waals surface area (Å²) in [6.07, 6.45) is 0.425. The van der Waals surface area contributed by atoms with Crippen LogP contribution in [0.5, 0.6) is 0 Å². The average molecular weight is 259 g/mol. The lowest BCUT2D eigenvalue weighted by atomic mass is 9.88. The van der Waals surface area contributed by atoms with Gasteiger partial charge in [-0.1, -0.05) is 6.92 Å². The summed E-state index contributed by atoms with van der Waals surface area (Å²) in [4.78, 5) is 32.9. The zero-order valence-corrected chi connectivity index (χ0v) is 11.0. The molecule has 7 nitrogen and oxygen atoms in total. The molecule has 0 fully saturated rings. The van der Waals surface area contributed by atoms with Crippen molar-refractivity contribution in [3.8, 4) is 0 Å². The van der Waals surface area contributed by atoms with E-state index < -0.39 is 17.4 Å². The van der Waals surface area contributed by atoms with Gasteiger partial charge in [-0.05, 0) is 13.3 Å². The monoisotopic (exact) mass is 259 g/mol. The summed E-state index contributed by atoms with van der Waals surface area (Å²) in [5.41, 5.74) is -0.963. The Bertz CT molecular complexity index is 319. The Hall–Kier alpha value is -1.79. The van der Waals surface area contributed by atoms with Crippen molar-refractivity contribution in [2.45, 2.75) is 27.2 Å². The molecule has 0 radical (unpaired) electrons. The number of carbonyl (C=O) groups is 3. The number of aliphatic carboxylic acids is 1. The zero-order valence-electron chi connectivity index (χ0n) is 11.0. The molecule has 0 aliphatic rings. The molecule has 1 unspecified atom stereocenters. The van der Waals surface area contributed by atoms with E-state index in [0.717, 1.165) is 0 Å². The van der Waals surface area contributed by atoms with Crippen molar-refractivity contribution in [3.05, 3.63) is 0 Å². The number of carboxylic acids is 1. The Balaban J connectivity index is 3.89. The molecule has 0 bridgehead atoms. The van der Waals surface area contributed by atoms with Gasteiger partial charge in [0.2, 0.25) is 5.91 Å². The molecule has 0 heterocycles. The number of nitrogens with one attached hydrogen (secondary N) is 3. The summed E-state index contributed by atoms with van der Waals surface area (Å²) < 4.78 is 0. The summed E-state index contributed by atoms with van der Waals surface area (Å²) in [7, 11) is 0. The van der Waals surface area contributed by atoms with Gasteiger partial charge in [0.15, 0.2) is 0 Å². The first-order chi connectivity index (χ1) is 8.31. The van der Waals surface area contributed by atoms with Crippen LogP contribution in [-0.4, -0.2) is 42.6 Å². The molecule has 18 heavy (non-hydrogen) atoms. The van der Waals surface area contributed by atoms with Gasteiger partial charge in [-0.2, -0.15) is 0 Å². The third kappa shape index (κ3) is 6.07. The number of rotatable bonds is 7. The summed E-state index contributed by atoms with van der Waals surface area (Å²) in [5, 5.41) is 16.5. The van der Waals surface area contributed by atoms with Crippen LogP contribution in [0.25, 0.3) is 0 Å². The first-order valence-corrected chi connectivity index (χ1v) is 5.81. The van der Waals surface area contributed by atoms with E-state index in [2.05, 4.69) is 16.0 Å². The third-order valence-corrected chi connectivity index (χ3v) is 2.72. The Labute approximate surface area is 106 Å². The lowest BCUT2D eigenvalue weighted by Gasteiger charge is -2.23. The van der Waals surface area contributed by atoms with Crippen LogP contribution in [0, 0.1) is 5.41 Å². The molecule has 0 saturated carbocycles. The molecule has 0 aliphatic carbocycles. The normalized spacial score (nSPS) is 13.3. The number of carbonyl (C=O) groups excluding carboxylic acids is 2. The molecule has 0 spiro atoms. The number of carboxylic acid groups (broad SMARTS) is 1. The molecular weight excluding hydrogens is 238 g/mol. The topological polar surface area (TPSA) is 108 Å². The summed E-state index contributed by atoms with van der Waals surface area (Å²) in [6.45, 7) is 5.41. The lowest BCUT2D eigenvalue weighted by molar-refractivity contribution is -0.147. The first kappa shape index (κ1) is 16.2. The van der Waals surface area contributed by atoms with Crippen molar-refractivity contribution < 1.29 is 19.5 Å². The predicted molar refractivity (Wildman–Crippen MR) is 66.1 cm³/mol. The second-order valence-corrected chi connectivity index (χ2v) is 4.31. The largest absolute Gasteiger partial charge is 0.481 e. The Morgan fingerprint density at radius 2 is 1.67 bits per heavy atom. The van der Waals surface area contributed by atoms with Crippen molar-refractivity contribution in [3.63, 3.8) is 0 Å². The van der Waals surface area contributed by atoms with Gasteiger partial charge < -0.3 is 21.1 Å². The molecule has 104 valence electrons. The molecule has 0 aliphatic heterocycles. The molecule has 0 rings (SSSR count). The second-order valence-electron chi connectivity index (χ2n) is 4.31. The van der Waals surface area contributed by atoms with Crippen LogP contribution in [0.3, 0.4) is 0 Å². The van der Waals surface area contributed by atoms with E-state index in [9.17, 15) is 14.4 Å². The highest BCUT2D eigenvalue weighted by atomic mass is 16.4. The number of hydrogen-bond acceptors (Lipinski definition) is 3. The van der Waals surface area contributed by atoms with Gasteiger partial charge in [0.05, 0.1) is 5.41 Å². The Kier molecular flexibility index (Phi) is 6.77. The molecular formula is C11H21N3O4. The maximum atomic E-state index is 11.3. The fourth-order valence-electron chi connectivity index (χ4n) is 1.10. The maximum absolute atomic E-state index is 11.3. The van der Waals surface area contributed by atoms with Gasteiger partial charge in [-0.3, -0.25) is 9.59 Å². The van der Waals surface area contributed by atoms with E-state index in [0.29, 0.717) is 19.5 Å². The molecule has 1 atom stereocenters. The van der Waals surface area contributed by atoms with Gasteiger partial charge in [0.1, 0.15) is 0 Å². The lowest BCUT2D eigenvalue weighted by Crippen LogP contribution is -2.46. The van der Waals surface area contributed by atoms with Crippen LogP contribution in [0.15, 0.2) is 0 Å². The molecule has 0 aromatic heterocycles. The maximum Gasteiger partial charge on any atom is 0.314 e. The predicted octanol–water partition coefficient (Wildman–Crippen LogP) is -0.0774. The van der Waals surface area contributed by atoms with Crippen LogP contribution in [-0.2, 0) is 9.59 Å². The van der Waals surface area contributed by atoms with Crippen molar-refractivity contribution in [1.82, 2.24) is 16.0 Å². The van der Waals surface area contributed by atoms with Crippen molar-refractivity contribution >= 4 is 17.9 Å².